The van der Waals surface area contributed by atoms with Crippen LogP contribution in [-0.2, 0) is 6.42 Å². The SMILES string of the molecule is C[C@@H]1Cc2c([nH]c3ccccc23)[C@@H](c2c(F)cc(NC3CN(CCCF)C3)cc2F)N1C12CC([C@H](C)O)(C1)C2. The van der Waals surface area contributed by atoms with E-state index in [0.29, 0.717) is 18.7 Å². The predicted octanol–water partition coefficient (Wildman–Crippen LogP) is 5.54. The van der Waals surface area contributed by atoms with Crippen LogP contribution in [0.5, 0.6) is 0 Å². The number of aromatic nitrogens is 1. The first-order chi connectivity index (χ1) is 18.7. The van der Waals surface area contributed by atoms with Crippen LogP contribution >= 0.6 is 0 Å². The summed E-state index contributed by atoms with van der Waals surface area (Å²) in [5, 5.41) is 14.8. The third-order valence-corrected chi connectivity index (χ3v) is 10.1. The highest BCUT2D eigenvalue weighted by molar-refractivity contribution is 5.85. The minimum Gasteiger partial charge on any atom is -0.393 e. The van der Waals surface area contributed by atoms with Gasteiger partial charge in [-0.05, 0) is 69.7 Å². The summed E-state index contributed by atoms with van der Waals surface area (Å²) in [6.07, 6.45) is 3.52. The lowest BCUT2D eigenvalue weighted by molar-refractivity contribution is -0.275. The highest BCUT2D eigenvalue weighted by Crippen LogP contribution is 2.73. The maximum absolute atomic E-state index is 16.1. The molecule has 5 aliphatic rings. The highest BCUT2D eigenvalue weighted by atomic mass is 19.1. The molecule has 3 atom stereocenters. The third kappa shape index (κ3) is 3.78. The van der Waals surface area contributed by atoms with E-state index >= 15 is 8.78 Å². The normalized spacial score (nSPS) is 31.3. The Balaban J connectivity index is 1.24. The van der Waals surface area contributed by atoms with Gasteiger partial charge in [0.25, 0.3) is 0 Å². The van der Waals surface area contributed by atoms with Crippen LogP contribution in [0.15, 0.2) is 36.4 Å². The van der Waals surface area contributed by atoms with Crippen LogP contribution in [0.1, 0.15) is 62.4 Å². The molecule has 0 unspecified atom stereocenters. The Bertz CT molecular complexity index is 1370. The van der Waals surface area contributed by atoms with Crippen LogP contribution in [0.25, 0.3) is 10.9 Å². The van der Waals surface area contributed by atoms with Crippen molar-refractivity contribution in [2.24, 2.45) is 5.41 Å². The van der Waals surface area contributed by atoms with E-state index in [1.807, 2.05) is 25.1 Å². The van der Waals surface area contributed by atoms with Crippen molar-refractivity contribution in [1.82, 2.24) is 14.8 Å². The summed E-state index contributed by atoms with van der Waals surface area (Å²) >= 11 is 0. The fourth-order valence-electron chi connectivity index (χ4n) is 8.31. The van der Waals surface area contributed by atoms with Crippen molar-refractivity contribution in [3.8, 4) is 0 Å². The zero-order valence-corrected chi connectivity index (χ0v) is 22.6. The van der Waals surface area contributed by atoms with Crippen LogP contribution < -0.4 is 5.32 Å². The molecule has 0 spiro atoms. The first-order valence-electron chi connectivity index (χ1n) is 14.3. The number of benzene rings is 2. The van der Waals surface area contributed by atoms with Crippen molar-refractivity contribution < 1.29 is 18.3 Å². The van der Waals surface area contributed by atoms with E-state index in [4.69, 9.17) is 0 Å². The fourth-order valence-corrected chi connectivity index (χ4v) is 8.31. The Morgan fingerprint density at radius 2 is 1.82 bits per heavy atom. The van der Waals surface area contributed by atoms with E-state index in [2.05, 4.69) is 33.1 Å². The Labute approximate surface area is 227 Å². The molecule has 4 fully saturated rings. The lowest BCUT2D eigenvalue weighted by Gasteiger charge is -2.77. The number of H-pyrrole nitrogens is 1. The van der Waals surface area contributed by atoms with Crippen molar-refractivity contribution in [3.63, 3.8) is 0 Å². The van der Waals surface area contributed by atoms with E-state index in [9.17, 15) is 9.50 Å². The monoisotopic (exact) mass is 538 g/mol. The van der Waals surface area contributed by atoms with Crippen molar-refractivity contribution in [2.75, 3.05) is 31.6 Å². The number of aromatic amines is 1. The van der Waals surface area contributed by atoms with E-state index in [-0.39, 0.29) is 41.4 Å². The molecule has 1 saturated heterocycles. The lowest BCUT2D eigenvalue weighted by atomic mass is 9.36. The summed E-state index contributed by atoms with van der Waals surface area (Å²) in [7, 11) is 0. The number of hydrogen-bond acceptors (Lipinski definition) is 4. The summed E-state index contributed by atoms with van der Waals surface area (Å²) in [4.78, 5) is 8.05. The molecular formula is C31H37F3N4O. The zero-order valence-electron chi connectivity index (χ0n) is 22.6. The van der Waals surface area contributed by atoms with Gasteiger partial charge in [0.1, 0.15) is 11.6 Å². The summed E-state index contributed by atoms with van der Waals surface area (Å²) in [6, 6.07) is 10.6. The molecule has 39 heavy (non-hydrogen) atoms. The standard InChI is InChI=1S/C31H37F3N4O/c1-18-10-23-22-6-3-4-7-26(22)36-28(23)29(38(18)31-15-30(16-31,17-31)19(2)39)27-24(33)11-20(12-25(27)34)35-21-13-37(14-21)9-5-8-32/h3-4,6-7,11-12,18-19,21,29,35-36,39H,5,8-10,13-17H2,1-2H3/t18-,19+,29-,30?,31?/m1/s1. The number of nitrogens with one attached hydrogen (secondary N) is 2. The number of para-hydroxylation sites is 1. The number of fused-ring (bicyclic) bond motifs is 3. The molecule has 208 valence electrons. The second-order valence-corrected chi connectivity index (χ2v) is 12.7. The van der Waals surface area contributed by atoms with Crippen LogP contribution in [-0.4, -0.2) is 69.9 Å². The van der Waals surface area contributed by atoms with Gasteiger partial charge in [-0.3, -0.25) is 14.2 Å². The summed E-state index contributed by atoms with van der Waals surface area (Å²) < 4.78 is 44.6. The largest absolute Gasteiger partial charge is 0.393 e. The van der Waals surface area contributed by atoms with E-state index < -0.39 is 17.7 Å². The average Bonchev–Trinajstić information content (AvgIpc) is 3.17. The predicted molar refractivity (Wildman–Crippen MR) is 147 cm³/mol. The van der Waals surface area contributed by atoms with Crippen LogP contribution in [0.3, 0.4) is 0 Å². The molecule has 8 heteroatoms. The van der Waals surface area contributed by atoms with E-state index in [1.165, 1.54) is 12.1 Å². The summed E-state index contributed by atoms with van der Waals surface area (Å²) in [5.74, 6) is -1.09. The molecule has 3 aromatic rings. The van der Waals surface area contributed by atoms with Crippen LogP contribution in [0, 0.1) is 17.0 Å². The first kappa shape index (κ1) is 25.4. The Kier molecular flexibility index (Phi) is 5.85. The second kappa shape index (κ2) is 8.98. The van der Waals surface area contributed by atoms with Crippen molar-refractivity contribution in [2.45, 2.75) is 75.7 Å². The molecule has 2 aromatic carbocycles. The molecule has 0 radical (unpaired) electrons. The molecule has 2 bridgehead atoms. The number of anilines is 1. The van der Waals surface area contributed by atoms with Crippen molar-refractivity contribution >= 4 is 16.6 Å². The minimum absolute atomic E-state index is 0.0588. The zero-order chi connectivity index (χ0) is 27.1. The first-order valence-corrected chi connectivity index (χ1v) is 14.3. The van der Waals surface area contributed by atoms with Crippen LogP contribution in [0.2, 0.25) is 0 Å². The van der Waals surface area contributed by atoms with Gasteiger partial charge >= 0.3 is 0 Å². The van der Waals surface area contributed by atoms with Crippen LogP contribution in [0.4, 0.5) is 18.9 Å². The van der Waals surface area contributed by atoms with Crippen molar-refractivity contribution in [1.29, 1.82) is 0 Å². The Morgan fingerprint density at radius 1 is 1.13 bits per heavy atom. The fraction of sp³-hybridized carbons (Fsp3) is 0.548. The van der Waals surface area contributed by atoms with Gasteiger partial charge in [0.15, 0.2) is 0 Å². The molecule has 3 N–H and O–H groups in total. The Hall–Kier alpha value is -2.55. The number of likely N-dealkylation sites (tertiary alicyclic amines) is 1. The van der Waals surface area contributed by atoms with Gasteiger partial charge < -0.3 is 15.4 Å². The number of nitrogens with zero attached hydrogens (tertiary/aromatic N) is 2. The van der Waals surface area contributed by atoms with Gasteiger partial charge in [-0.1, -0.05) is 18.2 Å². The molecule has 0 amide bonds. The van der Waals surface area contributed by atoms with Gasteiger partial charge in [-0.15, -0.1) is 0 Å². The highest BCUT2D eigenvalue weighted by Gasteiger charge is 2.73. The summed E-state index contributed by atoms with van der Waals surface area (Å²) in [5.41, 5.74) is 3.33. The maximum atomic E-state index is 16.1. The average molecular weight is 539 g/mol. The van der Waals surface area contributed by atoms with E-state index in [1.54, 1.807) is 0 Å². The number of rotatable bonds is 8. The molecule has 3 saturated carbocycles. The van der Waals surface area contributed by atoms with Gasteiger partial charge in [-0.25, -0.2) is 8.78 Å². The number of aliphatic hydroxyl groups is 1. The minimum atomic E-state index is -0.572. The molecule has 2 aliphatic heterocycles. The van der Waals surface area contributed by atoms with E-state index in [0.717, 1.165) is 60.9 Å². The molecule has 3 heterocycles. The maximum Gasteiger partial charge on any atom is 0.133 e. The molecular weight excluding hydrogens is 501 g/mol. The number of hydrogen-bond donors (Lipinski definition) is 3. The van der Waals surface area contributed by atoms with Crippen molar-refractivity contribution in [3.05, 3.63) is 64.9 Å². The third-order valence-electron chi connectivity index (χ3n) is 10.1. The van der Waals surface area contributed by atoms with Gasteiger partial charge in [0.2, 0.25) is 0 Å². The molecule has 8 rings (SSSR count). The molecule has 3 aliphatic carbocycles. The quantitative estimate of drug-likeness (QED) is 0.353. The van der Waals surface area contributed by atoms with Gasteiger partial charge in [-0.2, -0.15) is 0 Å². The topological polar surface area (TPSA) is 54.5 Å². The molecule has 5 nitrogen and oxygen atoms in total. The smallest absolute Gasteiger partial charge is 0.133 e. The Morgan fingerprint density at radius 3 is 2.49 bits per heavy atom. The number of aliphatic hydroxyl groups excluding tert-OH is 1. The van der Waals surface area contributed by atoms with Gasteiger partial charge in [0, 0.05) is 64.5 Å². The number of alkyl halides is 1. The number of halogens is 3. The summed E-state index contributed by atoms with van der Waals surface area (Å²) in [6.45, 7) is 5.89. The molecule has 1 aromatic heterocycles. The van der Waals surface area contributed by atoms with Gasteiger partial charge in [0.05, 0.1) is 24.9 Å². The lowest BCUT2D eigenvalue weighted by Crippen LogP contribution is -2.79. The second-order valence-electron chi connectivity index (χ2n) is 12.7.